The number of ether oxygens (including phenoxy) is 1. The summed E-state index contributed by atoms with van der Waals surface area (Å²) < 4.78 is 33.1. The summed E-state index contributed by atoms with van der Waals surface area (Å²) in [6.45, 7) is -0.754. The van der Waals surface area contributed by atoms with Crippen LogP contribution in [0.3, 0.4) is 0 Å². The lowest BCUT2D eigenvalue weighted by atomic mass is 9.93. The molecule has 4 heterocycles. The Kier molecular flexibility index (Phi) is 5.01. The van der Waals surface area contributed by atoms with Gasteiger partial charge in [0, 0.05) is 24.8 Å². The molecule has 1 N–H and O–H groups in total. The highest BCUT2D eigenvalue weighted by molar-refractivity contribution is 5.82. The fourth-order valence-electron chi connectivity index (χ4n) is 4.18. The number of aromatic nitrogens is 6. The lowest BCUT2D eigenvalue weighted by molar-refractivity contribution is -0.169. The van der Waals surface area contributed by atoms with Crippen molar-refractivity contribution >= 4 is 22.6 Å². The average Bonchev–Trinajstić information content (AvgIpc) is 3.29. The monoisotopic (exact) mass is 427 g/mol. The van der Waals surface area contributed by atoms with Gasteiger partial charge in [-0.25, -0.2) is 19.5 Å². The fourth-order valence-corrected chi connectivity index (χ4v) is 4.18. The summed E-state index contributed by atoms with van der Waals surface area (Å²) in [5.41, 5.74) is 4.32. The van der Waals surface area contributed by atoms with E-state index in [1.165, 1.54) is 0 Å². The van der Waals surface area contributed by atoms with Crippen LogP contribution in [0.2, 0.25) is 0 Å². The van der Waals surface area contributed by atoms with Gasteiger partial charge in [-0.15, -0.1) is 5.10 Å². The highest BCUT2D eigenvalue weighted by atomic mass is 19.3. The first-order valence-corrected chi connectivity index (χ1v) is 10.3. The number of imidazole rings is 1. The van der Waals surface area contributed by atoms with Gasteiger partial charge in [-0.2, -0.15) is 8.78 Å². The zero-order valence-corrected chi connectivity index (χ0v) is 17.3. The van der Waals surface area contributed by atoms with E-state index >= 15 is 0 Å². The highest BCUT2D eigenvalue weighted by Crippen LogP contribution is 2.27. The van der Waals surface area contributed by atoms with Crippen molar-refractivity contribution in [3.8, 4) is 11.3 Å². The molecule has 1 fully saturated rings. The minimum Gasteiger partial charge on any atom is -0.350 e. The molecule has 4 aromatic rings. The van der Waals surface area contributed by atoms with Crippen LogP contribution in [0.1, 0.15) is 31.5 Å². The number of hydrogen-bond donors (Lipinski definition) is 1. The third-order valence-electron chi connectivity index (χ3n) is 5.94. The van der Waals surface area contributed by atoms with Crippen LogP contribution < -0.4 is 5.32 Å². The maximum Gasteiger partial charge on any atom is 0.345 e. The van der Waals surface area contributed by atoms with E-state index in [0.717, 1.165) is 46.6 Å². The SMILES string of the molecule is Cc1nc2ccc(-c3ccn4nc(N[C@H]5CC[C@@H](OC(F)F)CC5)ncc34)nc2n1C. The number of aryl methyl sites for hydroxylation is 2. The van der Waals surface area contributed by atoms with Crippen molar-refractivity contribution in [3.05, 3.63) is 36.4 Å². The third kappa shape index (κ3) is 3.83. The topological polar surface area (TPSA) is 82.2 Å². The predicted octanol–water partition coefficient (Wildman–Crippen LogP) is 3.95. The number of nitrogens with one attached hydrogen (secondary N) is 1. The predicted molar refractivity (Wildman–Crippen MR) is 112 cm³/mol. The summed E-state index contributed by atoms with van der Waals surface area (Å²) in [5.74, 6) is 1.42. The number of hydrogen-bond acceptors (Lipinski definition) is 6. The van der Waals surface area contributed by atoms with Gasteiger partial charge < -0.3 is 14.6 Å². The van der Waals surface area contributed by atoms with Gasteiger partial charge >= 0.3 is 6.61 Å². The second-order valence-corrected chi connectivity index (χ2v) is 7.91. The van der Waals surface area contributed by atoms with Crippen LogP contribution in [0, 0.1) is 6.92 Å². The molecular formula is C21H23F2N7O. The molecule has 1 aliphatic rings. The molecule has 0 saturated heterocycles. The molecule has 0 spiro atoms. The summed E-state index contributed by atoms with van der Waals surface area (Å²) >= 11 is 0. The Balaban J connectivity index is 1.34. The minimum atomic E-state index is -2.71. The zero-order chi connectivity index (χ0) is 21.5. The lowest BCUT2D eigenvalue weighted by Gasteiger charge is -2.28. The van der Waals surface area contributed by atoms with Crippen LogP contribution in [0.4, 0.5) is 14.7 Å². The van der Waals surface area contributed by atoms with E-state index < -0.39 is 6.61 Å². The molecule has 0 aromatic carbocycles. The molecule has 4 aromatic heterocycles. The molecule has 0 bridgehead atoms. The number of halogens is 2. The number of rotatable bonds is 5. The maximum absolute atomic E-state index is 12.4. The van der Waals surface area contributed by atoms with E-state index in [1.807, 2.05) is 42.9 Å². The van der Waals surface area contributed by atoms with Crippen molar-refractivity contribution in [2.75, 3.05) is 5.32 Å². The fraction of sp³-hybridized carbons (Fsp3) is 0.429. The van der Waals surface area contributed by atoms with E-state index in [4.69, 9.17) is 4.98 Å². The second-order valence-electron chi connectivity index (χ2n) is 7.91. The van der Waals surface area contributed by atoms with Crippen molar-refractivity contribution in [2.45, 2.75) is 51.4 Å². The molecule has 8 nitrogen and oxygen atoms in total. The van der Waals surface area contributed by atoms with Gasteiger partial charge in [0.25, 0.3) is 0 Å². The molecule has 0 atom stereocenters. The number of pyridine rings is 1. The molecule has 0 aliphatic heterocycles. The van der Waals surface area contributed by atoms with E-state index in [2.05, 4.69) is 25.1 Å². The largest absolute Gasteiger partial charge is 0.350 e. The van der Waals surface area contributed by atoms with Crippen LogP contribution >= 0.6 is 0 Å². The number of fused-ring (bicyclic) bond motifs is 2. The first kappa shape index (κ1) is 19.8. The Labute approximate surface area is 177 Å². The normalized spacial score (nSPS) is 19.5. The summed E-state index contributed by atoms with van der Waals surface area (Å²) in [7, 11) is 1.95. The summed E-state index contributed by atoms with van der Waals surface area (Å²) in [6, 6.07) is 6.04. The number of anilines is 1. The van der Waals surface area contributed by atoms with Crippen molar-refractivity contribution in [2.24, 2.45) is 7.05 Å². The van der Waals surface area contributed by atoms with Crippen LogP contribution in [0.25, 0.3) is 27.9 Å². The summed E-state index contributed by atoms with van der Waals surface area (Å²) in [6.07, 6.45) is 5.95. The zero-order valence-electron chi connectivity index (χ0n) is 17.3. The van der Waals surface area contributed by atoms with Gasteiger partial charge in [-0.3, -0.25) is 0 Å². The van der Waals surface area contributed by atoms with E-state index in [1.54, 1.807) is 10.7 Å². The molecule has 1 saturated carbocycles. The quantitative estimate of drug-likeness (QED) is 0.519. The van der Waals surface area contributed by atoms with Crippen LogP contribution in [0.5, 0.6) is 0 Å². The first-order chi connectivity index (χ1) is 15.0. The van der Waals surface area contributed by atoms with Gasteiger partial charge in [-0.1, -0.05) is 0 Å². The van der Waals surface area contributed by atoms with Gasteiger partial charge in [0.05, 0.1) is 23.5 Å². The van der Waals surface area contributed by atoms with Gasteiger partial charge in [-0.05, 0) is 50.8 Å². The van der Waals surface area contributed by atoms with Crippen molar-refractivity contribution < 1.29 is 13.5 Å². The van der Waals surface area contributed by atoms with Crippen LogP contribution in [-0.2, 0) is 11.8 Å². The van der Waals surface area contributed by atoms with Crippen LogP contribution in [-0.4, -0.2) is 47.9 Å². The molecule has 31 heavy (non-hydrogen) atoms. The molecule has 5 rings (SSSR count). The third-order valence-corrected chi connectivity index (χ3v) is 5.94. The molecule has 0 amide bonds. The molecular weight excluding hydrogens is 404 g/mol. The maximum atomic E-state index is 12.4. The Morgan fingerprint density at radius 3 is 2.71 bits per heavy atom. The van der Waals surface area contributed by atoms with Gasteiger partial charge in [0.2, 0.25) is 5.95 Å². The minimum absolute atomic E-state index is 0.141. The molecule has 0 radical (unpaired) electrons. The van der Waals surface area contributed by atoms with Crippen molar-refractivity contribution in [1.82, 2.24) is 29.1 Å². The van der Waals surface area contributed by atoms with Crippen molar-refractivity contribution in [1.29, 1.82) is 0 Å². The molecule has 0 unspecified atom stereocenters. The van der Waals surface area contributed by atoms with Gasteiger partial charge in [0.15, 0.2) is 5.65 Å². The lowest BCUT2D eigenvalue weighted by Crippen LogP contribution is -2.31. The van der Waals surface area contributed by atoms with E-state index in [-0.39, 0.29) is 12.1 Å². The molecule has 162 valence electrons. The first-order valence-electron chi connectivity index (χ1n) is 10.3. The smallest absolute Gasteiger partial charge is 0.345 e. The molecule has 10 heteroatoms. The average molecular weight is 427 g/mol. The van der Waals surface area contributed by atoms with Crippen LogP contribution in [0.15, 0.2) is 30.6 Å². The standard InChI is InChI=1S/C21H23F2N7O/c1-12-25-17-8-7-16(27-19(17)29(12)2)15-9-10-30-18(15)11-24-21(28-30)26-13-3-5-14(6-4-13)31-20(22)23/h7-11,13-14,20H,3-6H2,1-2H3,(H,26,28)/t13-,14+. The van der Waals surface area contributed by atoms with E-state index in [9.17, 15) is 8.78 Å². The summed E-state index contributed by atoms with van der Waals surface area (Å²) in [5, 5.41) is 7.88. The number of nitrogens with zero attached hydrogens (tertiary/aromatic N) is 6. The number of alkyl halides is 2. The Morgan fingerprint density at radius 2 is 1.94 bits per heavy atom. The van der Waals surface area contributed by atoms with Crippen molar-refractivity contribution in [3.63, 3.8) is 0 Å². The Bertz CT molecular complexity index is 1230. The second kappa shape index (κ2) is 7.84. The highest BCUT2D eigenvalue weighted by Gasteiger charge is 2.24. The summed E-state index contributed by atoms with van der Waals surface area (Å²) in [4.78, 5) is 13.8. The van der Waals surface area contributed by atoms with E-state index in [0.29, 0.717) is 18.8 Å². The Hall–Kier alpha value is -3.14. The Morgan fingerprint density at radius 1 is 1.13 bits per heavy atom. The molecule has 1 aliphatic carbocycles. The van der Waals surface area contributed by atoms with Gasteiger partial charge in [0.1, 0.15) is 11.3 Å².